The smallest absolute Gasteiger partial charge is 0.255 e. The quantitative estimate of drug-likeness (QED) is 0.642. The standard InChI is InChI=1S/C20H27N3O6S2/c1-20(2,3)22-30(25,26)18-13-14(11-12-16(18)29-6)19(24)21-15-9-7-8-10-17(15)31(27,28)23(4)5/h7-13,22H,1-6H3,(H,21,24). The van der Waals surface area contributed by atoms with Gasteiger partial charge >= 0.3 is 0 Å². The van der Waals surface area contributed by atoms with Gasteiger partial charge in [-0.1, -0.05) is 12.1 Å². The summed E-state index contributed by atoms with van der Waals surface area (Å²) < 4.78 is 59.4. The Bertz CT molecular complexity index is 1180. The average Bonchev–Trinajstić information content (AvgIpc) is 2.65. The summed E-state index contributed by atoms with van der Waals surface area (Å²) in [6, 6.07) is 9.91. The van der Waals surface area contributed by atoms with E-state index in [4.69, 9.17) is 4.74 Å². The van der Waals surface area contributed by atoms with Crippen LogP contribution < -0.4 is 14.8 Å². The average molecular weight is 470 g/mol. The molecule has 170 valence electrons. The molecule has 0 aliphatic carbocycles. The molecule has 9 nitrogen and oxygen atoms in total. The van der Waals surface area contributed by atoms with Crippen molar-refractivity contribution in [3.05, 3.63) is 48.0 Å². The minimum Gasteiger partial charge on any atom is -0.495 e. The molecule has 0 unspecified atom stereocenters. The third-order valence-corrected chi connectivity index (χ3v) is 7.70. The molecule has 0 heterocycles. The Labute approximate surface area is 183 Å². The lowest BCUT2D eigenvalue weighted by molar-refractivity contribution is 0.102. The molecule has 0 aliphatic rings. The van der Waals surface area contributed by atoms with E-state index < -0.39 is 31.5 Å². The van der Waals surface area contributed by atoms with Crippen LogP contribution in [0.2, 0.25) is 0 Å². The number of nitrogens with zero attached hydrogens (tertiary/aromatic N) is 1. The number of sulfonamides is 2. The number of ether oxygens (including phenoxy) is 1. The second kappa shape index (κ2) is 8.95. The molecule has 0 spiro atoms. The van der Waals surface area contributed by atoms with E-state index in [0.29, 0.717) is 0 Å². The Morgan fingerprint density at radius 1 is 0.968 bits per heavy atom. The summed E-state index contributed by atoms with van der Waals surface area (Å²) in [7, 11) is -3.70. The molecule has 0 aliphatic heterocycles. The maximum Gasteiger partial charge on any atom is 0.255 e. The highest BCUT2D eigenvalue weighted by molar-refractivity contribution is 7.89. The first-order valence-corrected chi connectivity index (χ1v) is 12.2. The summed E-state index contributed by atoms with van der Waals surface area (Å²) in [6.07, 6.45) is 0. The van der Waals surface area contributed by atoms with Crippen molar-refractivity contribution < 1.29 is 26.4 Å². The number of hydrogen-bond acceptors (Lipinski definition) is 6. The number of amides is 1. The van der Waals surface area contributed by atoms with Gasteiger partial charge in [-0.25, -0.2) is 25.9 Å². The molecule has 2 aromatic carbocycles. The molecule has 0 saturated heterocycles. The normalized spacial score (nSPS) is 12.6. The van der Waals surface area contributed by atoms with Crippen LogP contribution in [-0.4, -0.2) is 53.8 Å². The molecule has 31 heavy (non-hydrogen) atoms. The fraction of sp³-hybridized carbons (Fsp3) is 0.350. The highest BCUT2D eigenvalue weighted by Gasteiger charge is 2.27. The van der Waals surface area contributed by atoms with Crippen molar-refractivity contribution in [1.29, 1.82) is 0 Å². The zero-order valence-electron chi connectivity index (χ0n) is 18.3. The third-order valence-electron chi connectivity index (χ3n) is 4.05. The highest BCUT2D eigenvalue weighted by atomic mass is 32.2. The zero-order valence-corrected chi connectivity index (χ0v) is 19.9. The van der Waals surface area contributed by atoms with Gasteiger partial charge in [0.15, 0.2) is 0 Å². The van der Waals surface area contributed by atoms with Gasteiger partial charge in [0.2, 0.25) is 20.0 Å². The fourth-order valence-corrected chi connectivity index (χ4v) is 5.33. The van der Waals surface area contributed by atoms with Crippen LogP contribution in [0.25, 0.3) is 0 Å². The third kappa shape index (κ3) is 5.82. The van der Waals surface area contributed by atoms with E-state index in [1.54, 1.807) is 32.9 Å². The minimum absolute atomic E-state index is 0.0205. The van der Waals surface area contributed by atoms with E-state index in [-0.39, 0.29) is 26.8 Å². The number of para-hydroxylation sites is 1. The van der Waals surface area contributed by atoms with Gasteiger partial charge in [0.05, 0.1) is 12.8 Å². The molecule has 0 bridgehead atoms. The van der Waals surface area contributed by atoms with Gasteiger partial charge < -0.3 is 10.1 Å². The summed E-state index contributed by atoms with van der Waals surface area (Å²) in [5.41, 5.74) is -0.650. The largest absolute Gasteiger partial charge is 0.495 e. The van der Waals surface area contributed by atoms with Crippen molar-refractivity contribution in [3.8, 4) is 5.75 Å². The summed E-state index contributed by atoms with van der Waals surface area (Å²) in [4.78, 5) is 12.6. The van der Waals surface area contributed by atoms with E-state index in [1.165, 1.54) is 51.5 Å². The first-order chi connectivity index (χ1) is 14.2. The molecular weight excluding hydrogens is 442 g/mol. The molecule has 0 radical (unpaired) electrons. The first kappa shape index (κ1) is 24.8. The van der Waals surface area contributed by atoms with Gasteiger partial charge in [-0.05, 0) is 51.1 Å². The van der Waals surface area contributed by atoms with Gasteiger partial charge in [0.25, 0.3) is 5.91 Å². The van der Waals surface area contributed by atoms with Crippen molar-refractivity contribution in [1.82, 2.24) is 9.03 Å². The van der Waals surface area contributed by atoms with Crippen molar-refractivity contribution in [2.45, 2.75) is 36.1 Å². The van der Waals surface area contributed by atoms with Crippen molar-refractivity contribution in [3.63, 3.8) is 0 Å². The number of rotatable bonds is 7. The number of carbonyl (C=O) groups excluding carboxylic acids is 1. The van der Waals surface area contributed by atoms with Crippen LogP contribution in [-0.2, 0) is 20.0 Å². The molecule has 2 rings (SSSR count). The lowest BCUT2D eigenvalue weighted by atomic mass is 10.1. The second-order valence-electron chi connectivity index (χ2n) is 7.96. The Morgan fingerprint density at radius 3 is 2.13 bits per heavy atom. The van der Waals surface area contributed by atoms with E-state index in [2.05, 4.69) is 10.0 Å². The Balaban J connectivity index is 2.48. The van der Waals surface area contributed by atoms with Gasteiger partial charge in [-0.2, -0.15) is 0 Å². The summed E-state index contributed by atoms with van der Waals surface area (Å²) in [5, 5.41) is 2.55. The monoisotopic (exact) mass is 469 g/mol. The van der Waals surface area contributed by atoms with Crippen LogP contribution >= 0.6 is 0 Å². The summed E-state index contributed by atoms with van der Waals surface area (Å²) in [6.45, 7) is 5.07. The topological polar surface area (TPSA) is 122 Å². The molecule has 0 atom stereocenters. The molecule has 2 N–H and O–H groups in total. The van der Waals surface area contributed by atoms with E-state index in [1.807, 2.05) is 0 Å². The molecule has 0 aromatic heterocycles. The molecular formula is C20H27N3O6S2. The molecule has 11 heteroatoms. The predicted molar refractivity (Wildman–Crippen MR) is 118 cm³/mol. The number of anilines is 1. The number of methoxy groups -OCH3 is 1. The Morgan fingerprint density at radius 2 is 1.58 bits per heavy atom. The predicted octanol–water partition coefficient (Wildman–Crippen LogP) is 2.27. The van der Waals surface area contributed by atoms with Crippen LogP contribution in [0.5, 0.6) is 5.75 Å². The fourth-order valence-electron chi connectivity index (χ4n) is 2.67. The lowest BCUT2D eigenvalue weighted by Crippen LogP contribution is -2.40. The van der Waals surface area contributed by atoms with Crippen molar-refractivity contribution in [2.75, 3.05) is 26.5 Å². The van der Waals surface area contributed by atoms with Gasteiger partial charge in [0, 0.05) is 25.2 Å². The van der Waals surface area contributed by atoms with E-state index in [0.717, 1.165) is 4.31 Å². The molecule has 2 aromatic rings. The lowest BCUT2D eigenvalue weighted by Gasteiger charge is -2.21. The van der Waals surface area contributed by atoms with Crippen LogP contribution in [0.4, 0.5) is 5.69 Å². The van der Waals surface area contributed by atoms with E-state index in [9.17, 15) is 21.6 Å². The Kier molecular flexibility index (Phi) is 7.16. The SMILES string of the molecule is COc1ccc(C(=O)Nc2ccccc2S(=O)(=O)N(C)C)cc1S(=O)(=O)NC(C)(C)C. The number of carbonyl (C=O) groups is 1. The second-order valence-corrected chi connectivity index (χ2v) is 11.7. The van der Waals surface area contributed by atoms with Crippen LogP contribution in [0.3, 0.4) is 0 Å². The Hall–Kier alpha value is -2.47. The van der Waals surface area contributed by atoms with Crippen LogP contribution in [0, 0.1) is 0 Å². The number of nitrogens with one attached hydrogen (secondary N) is 2. The van der Waals surface area contributed by atoms with Gasteiger partial charge in [0.1, 0.15) is 15.5 Å². The highest BCUT2D eigenvalue weighted by Crippen LogP contribution is 2.28. The van der Waals surface area contributed by atoms with Crippen molar-refractivity contribution >= 4 is 31.6 Å². The van der Waals surface area contributed by atoms with Gasteiger partial charge in [-0.3, -0.25) is 4.79 Å². The first-order valence-electron chi connectivity index (χ1n) is 9.24. The molecule has 0 saturated carbocycles. The van der Waals surface area contributed by atoms with Crippen molar-refractivity contribution in [2.24, 2.45) is 0 Å². The number of hydrogen-bond donors (Lipinski definition) is 2. The van der Waals surface area contributed by atoms with Crippen LogP contribution in [0.1, 0.15) is 31.1 Å². The maximum absolute atomic E-state index is 12.9. The number of benzene rings is 2. The maximum atomic E-state index is 12.9. The summed E-state index contributed by atoms with van der Waals surface area (Å²) in [5.74, 6) is -0.597. The van der Waals surface area contributed by atoms with E-state index >= 15 is 0 Å². The summed E-state index contributed by atoms with van der Waals surface area (Å²) >= 11 is 0. The molecule has 1 amide bonds. The minimum atomic E-state index is -3.99. The van der Waals surface area contributed by atoms with Gasteiger partial charge in [-0.15, -0.1) is 0 Å². The zero-order chi connectivity index (χ0) is 23.6. The van der Waals surface area contributed by atoms with Crippen LogP contribution in [0.15, 0.2) is 52.3 Å². The molecule has 0 fully saturated rings.